The van der Waals surface area contributed by atoms with Crippen molar-refractivity contribution in [1.29, 1.82) is 0 Å². The first-order chi connectivity index (χ1) is 16.7. The van der Waals surface area contributed by atoms with Gasteiger partial charge in [0, 0.05) is 26.2 Å². The molecule has 0 atom stereocenters. The lowest BCUT2D eigenvalue weighted by atomic mass is 9.78. The summed E-state index contributed by atoms with van der Waals surface area (Å²) in [4.78, 5) is 10.1. The Morgan fingerprint density at radius 1 is 0.800 bits per heavy atom. The van der Waals surface area contributed by atoms with Crippen LogP contribution >= 0.6 is 22.9 Å². The molecule has 1 fully saturated rings. The molecule has 0 N–H and O–H groups in total. The Balaban J connectivity index is 1.55. The fourth-order valence-electron chi connectivity index (χ4n) is 4.37. The minimum absolute atomic E-state index is 0.439. The molecule has 0 bridgehead atoms. The second-order valence-corrected chi connectivity index (χ2v) is 11.4. The molecule has 0 unspecified atom stereocenters. The van der Waals surface area contributed by atoms with Crippen LogP contribution in [0.5, 0.6) is 0 Å². The van der Waals surface area contributed by atoms with E-state index in [-0.39, 0.29) is 0 Å². The summed E-state index contributed by atoms with van der Waals surface area (Å²) in [5, 5.41) is 1.72. The summed E-state index contributed by atoms with van der Waals surface area (Å²) >= 11 is 8.33. The molecule has 0 saturated carbocycles. The summed E-state index contributed by atoms with van der Waals surface area (Å²) < 4.78 is 14.8. The van der Waals surface area contributed by atoms with Crippen molar-refractivity contribution in [2.24, 2.45) is 0 Å². The van der Waals surface area contributed by atoms with E-state index in [2.05, 4.69) is 30.3 Å². The van der Waals surface area contributed by atoms with Crippen molar-refractivity contribution in [3.63, 3.8) is 0 Å². The highest BCUT2D eigenvalue weighted by atomic mass is 35.5. The van der Waals surface area contributed by atoms with E-state index >= 15 is 0 Å². The van der Waals surface area contributed by atoms with E-state index in [4.69, 9.17) is 30.9 Å². The fraction of sp³-hybridized carbons (Fsp3) is 0.214. The standard InChI is InChI=1S/C28H24BClN2O2S/c1-27(2)28(3,4)34-29(33-27)19-14-18(15-20(30)16-19)26-31-23(17-10-6-5-7-11-17)25-24(32-26)21-12-8-9-13-22(21)35-25/h5-16H,1-4H3. The van der Waals surface area contributed by atoms with Crippen molar-refractivity contribution in [2.75, 3.05) is 0 Å². The van der Waals surface area contributed by atoms with Gasteiger partial charge in [-0.15, -0.1) is 11.3 Å². The Bertz CT molecular complexity index is 1570. The van der Waals surface area contributed by atoms with Crippen LogP contribution in [-0.4, -0.2) is 28.3 Å². The zero-order valence-electron chi connectivity index (χ0n) is 20.0. The minimum Gasteiger partial charge on any atom is -0.399 e. The van der Waals surface area contributed by atoms with Gasteiger partial charge in [-0.2, -0.15) is 0 Å². The predicted octanol–water partition coefficient (Wildman–Crippen LogP) is 7.13. The average molecular weight is 499 g/mol. The SMILES string of the molecule is CC1(C)OB(c2cc(Cl)cc(-c3nc(-c4ccccc4)c4sc5ccccc5c4n3)c2)OC1(C)C. The van der Waals surface area contributed by atoms with E-state index in [1.165, 1.54) is 4.70 Å². The number of benzene rings is 3. The van der Waals surface area contributed by atoms with Crippen LogP contribution in [0.1, 0.15) is 27.7 Å². The maximum atomic E-state index is 6.60. The molecule has 0 radical (unpaired) electrons. The van der Waals surface area contributed by atoms with Gasteiger partial charge in [0.15, 0.2) is 5.82 Å². The lowest BCUT2D eigenvalue weighted by Gasteiger charge is -2.32. The van der Waals surface area contributed by atoms with Gasteiger partial charge in [0.05, 0.1) is 27.1 Å². The summed E-state index contributed by atoms with van der Waals surface area (Å²) in [7, 11) is -0.517. The molecule has 3 aromatic carbocycles. The van der Waals surface area contributed by atoms with Gasteiger partial charge >= 0.3 is 7.12 Å². The van der Waals surface area contributed by atoms with E-state index in [1.807, 2.05) is 70.2 Å². The molecule has 4 nitrogen and oxygen atoms in total. The van der Waals surface area contributed by atoms with E-state index in [0.717, 1.165) is 37.9 Å². The number of rotatable bonds is 3. The fourth-order valence-corrected chi connectivity index (χ4v) is 5.77. The Hall–Kier alpha value is -2.77. The minimum atomic E-state index is -0.517. The van der Waals surface area contributed by atoms with Gasteiger partial charge in [-0.05, 0) is 51.4 Å². The molecule has 1 saturated heterocycles. The molecule has 7 heteroatoms. The van der Waals surface area contributed by atoms with Crippen LogP contribution in [-0.2, 0) is 9.31 Å². The molecule has 1 aliphatic rings. The first-order valence-electron chi connectivity index (χ1n) is 11.6. The summed E-state index contributed by atoms with van der Waals surface area (Å²) in [5.41, 5.74) is 3.73. The molecule has 0 amide bonds. The molecule has 35 heavy (non-hydrogen) atoms. The van der Waals surface area contributed by atoms with Crippen molar-refractivity contribution < 1.29 is 9.31 Å². The van der Waals surface area contributed by atoms with Crippen molar-refractivity contribution in [3.05, 3.63) is 77.8 Å². The smallest absolute Gasteiger partial charge is 0.399 e. The highest BCUT2D eigenvalue weighted by Crippen LogP contribution is 2.40. The lowest BCUT2D eigenvalue weighted by molar-refractivity contribution is 0.00578. The third-order valence-electron chi connectivity index (χ3n) is 6.97. The first kappa shape index (κ1) is 22.7. The summed E-state index contributed by atoms with van der Waals surface area (Å²) in [6.45, 7) is 8.18. The number of aromatic nitrogens is 2. The predicted molar refractivity (Wildman–Crippen MR) is 147 cm³/mol. The monoisotopic (exact) mass is 498 g/mol. The largest absolute Gasteiger partial charge is 0.494 e. The molecule has 2 aromatic heterocycles. The number of fused-ring (bicyclic) bond motifs is 3. The molecule has 6 rings (SSSR count). The second-order valence-electron chi connectivity index (χ2n) is 9.90. The maximum Gasteiger partial charge on any atom is 0.494 e. The number of halogens is 1. The Morgan fingerprint density at radius 3 is 2.23 bits per heavy atom. The summed E-state index contributed by atoms with van der Waals surface area (Å²) in [6, 6.07) is 24.4. The third kappa shape index (κ3) is 3.85. The Kier molecular flexibility index (Phi) is 5.27. The topological polar surface area (TPSA) is 44.2 Å². The molecule has 0 aliphatic carbocycles. The van der Waals surface area contributed by atoms with E-state index in [9.17, 15) is 0 Å². The lowest BCUT2D eigenvalue weighted by Crippen LogP contribution is -2.41. The third-order valence-corrected chi connectivity index (χ3v) is 8.36. The van der Waals surface area contributed by atoms with Crippen molar-refractivity contribution in [1.82, 2.24) is 9.97 Å². The van der Waals surface area contributed by atoms with Crippen molar-refractivity contribution >= 4 is 55.8 Å². The zero-order valence-corrected chi connectivity index (χ0v) is 21.6. The Labute approximate surface area is 214 Å². The number of hydrogen-bond donors (Lipinski definition) is 0. The van der Waals surface area contributed by atoms with Crippen LogP contribution in [0.25, 0.3) is 42.9 Å². The van der Waals surface area contributed by atoms with Gasteiger partial charge in [0.1, 0.15) is 0 Å². The van der Waals surface area contributed by atoms with Crippen LogP contribution in [0.15, 0.2) is 72.8 Å². The first-order valence-corrected chi connectivity index (χ1v) is 12.8. The summed E-state index contributed by atoms with van der Waals surface area (Å²) in [5.74, 6) is 0.625. The van der Waals surface area contributed by atoms with Crippen molar-refractivity contribution in [2.45, 2.75) is 38.9 Å². The number of hydrogen-bond acceptors (Lipinski definition) is 5. The van der Waals surface area contributed by atoms with Crippen LogP contribution in [0.3, 0.4) is 0 Å². The average Bonchev–Trinajstić information content (AvgIpc) is 3.31. The molecule has 0 spiro atoms. The van der Waals surface area contributed by atoms with Gasteiger partial charge in [-0.3, -0.25) is 0 Å². The zero-order chi connectivity index (χ0) is 24.4. The molecule has 174 valence electrons. The molecular formula is C28H24BClN2O2S. The van der Waals surface area contributed by atoms with Crippen LogP contribution in [0.4, 0.5) is 0 Å². The molecular weight excluding hydrogens is 475 g/mol. The van der Waals surface area contributed by atoms with Gasteiger partial charge in [-0.1, -0.05) is 66.2 Å². The Morgan fingerprint density at radius 2 is 1.49 bits per heavy atom. The highest BCUT2D eigenvalue weighted by Gasteiger charge is 2.51. The maximum absolute atomic E-state index is 6.60. The van der Waals surface area contributed by atoms with Gasteiger partial charge in [-0.25, -0.2) is 9.97 Å². The molecule has 5 aromatic rings. The van der Waals surface area contributed by atoms with Crippen molar-refractivity contribution in [3.8, 4) is 22.6 Å². The van der Waals surface area contributed by atoms with Crippen LogP contribution in [0, 0.1) is 0 Å². The van der Waals surface area contributed by atoms with Crippen LogP contribution < -0.4 is 5.46 Å². The van der Waals surface area contributed by atoms with E-state index in [1.54, 1.807) is 11.3 Å². The number of nitrogens with zero attached hydrogens (tertiary/aromatic N) is 2. The molecule has 3 heterocycles. The van der Waals surface area contributed by atoms with E-state index < -0.39 is 18.3 Å². The summed E-state index contributed by atoms with van der Waals surface area (Å²) in [6.07, 6.45) is 0. The van der Waals surface area contributed by atoms with E-state index in [0.29, 0.717) is 10.8 Å². The quantitative estimate of drug-likeness (QED) is 0.248. The van der Waals surface area contributed by atoms with Gasteiger partial charge in [0.25, 0.3) is 0 Å². The van der Waals surface area contributed by atoms with Crippen LogP contribution in [0.2, 0.25) is 5.02 Å². The highest BCUT2D eigenvalue weighted by molar-refractivity contribution is 7.26. The second kappa shape index (κ2) is 8.14. The van der Waals surface area contributed by atoms with Gasteiger partial charge < -0.3 is 9.31 Å². The number of thiophene rings is 1. The normalized spacial score (nSPS) is 16.9. The molecule has 1 aliphatic heterocycles. The van der Waals surface area contributed by atoms with Gasteiger partial charge in [0.2, 0.25) is 0 Å².